The van der Waals surface area contributed by atoms with Gasteiger partial charge in [-0.3, -0.25) is 0 Å². The fourth-order valence-electron chi connectivity index (χ4n) is 2.31. The molecule has 1 unspecified atom stereocenters. The molecule has 0 heterocycles. The summed E-state index contributed by atoms with van der Waals surface area (Å²) in [4.78, 5) is 0. The Hall–Kier alpha value is -1.84. The van der Waals surface area contributed by atoms with E-state index in [2.05, 4.69) is 17.4 Å². The molecule has 3 N–H and O–H groups in total. The summed E-state index contributed by atoms with van der Waals surface area (Å²) in [5.74, 6) is 0.602. The molecule has 20 heavy (non-hydrogen) atoms. The lowest BCUT2D eigenvalue weighted by Gasteiger charge is -2.17. The molecule has 0 saturated heterocycles. The molecule has 0 aromatic heterocycles. The highest BCUT2D eigenvalue weighted by atomic mass is 16.3. The van der Waals surface area contributed by atoms with E-state index in [-0.39, 0.29) is 12.5 Å². The van der Waals surface area contributed by atoms with Crippen molar-refractivity contribution in [3.8, 4) is 5.75 Å². The van der Waals surface area contributed by atoms with E-state index in [1.54, 1.807) is 6.07 Å². The zero-order valence-corrected chi connectivity index (χ0v) is 11.5. The Morgan fingerprint density at radius 1 is 0.950 bits per heavy atom. The normalized spacial score (nSPS) is 12.2. The molecule has 0 amide bonds. The lowest BCUT2D eigenvalue weighted by atomic mass is 9.96. The van der Waals surface area contributed by atoms with Crippen molar-refractivity contribution < 1.29 is 10.2 Å². The van der Waals surface area contributed by atoms with Crippen LogP contribution >= 0.6 is 0 Å². The summed E-state index contributed by atoms with van der Waals surface area (Å²) >= 11 is 0. The summed E-state index contributed by atoms with van der Waals surface area (Å²) in [6, 6.07) is 17.5. The molecule has 2 aromatic rings. The lowest BCUT2D eigenvalue weighted by Crippen LogP contribution is -2.22. The van der Waals surface area contributed by atoms with E-state index < -0.39 is 0 Å². The standard InChI is InChI=1S/C17H21NO2/c19-11-10-15(14-6-2-1-3-7-14)12-18-13-16-8-4-5-9-17(16)20/h1-9,15,18-20H,10-13H2. The Balaban J connectivity index is 1.92. The number of para-hydroxylation sites is 1. The Morgan fingerprint density at radius 3 is 2.35 bits per heavy atom. The summed E-state index contributed by atoms with van der Waals surface area (Å²) in [6.07, 6.45) is 0.734. The van der Waals surface area contributed by atoms with Crippen LogP contribution in [0.3, 0.4) is 0 Å². The average molecular weight is 271 g/mol. The molecule has 0 radical (unpaired) electrons. The van der Waals surface area contributed by atoms with Gasteiger partial charge in [0.25, 0.3) is 0 Å². The van der Waals surface area contributed by atoms with E-state index in [0.29, 0.717) is 12.3 Å². The second kappa shape index (κ2) is 7.68. The van der Waals surface area contributed by atoms with Crippen LogP contribution in [0.1, 0.15) is 23.5 Å². The molecular formula is C17H21NO2. The van der Waals surface area contributed by atoms with Crippen LogP contribution in [0.2, 0.25) is 0 Å². The van der Waals surface area contributed by atoms with Crippen molar-refractivity contribution in [3.63, 3.8) is 0 Å². The molecule has 1 atom stereocenters. The van der Waals surface area contributed by atoms with Crippen LogP contribution in [0.5, 0.6) is 5.75 Å². The van der Waals surface area contributed by atoms with Gasteiger partial charge < -0.3 is 15.5 Å². The van der Waals surface area contributed by atoms with E-state index in [4.69, 9.17) is 0 Å². The molecule has 0 saturated carbocycles. The number of nitrogens with one attached hydrogen (secondary N) is 1. The Labute approximate surface area is 119 Å². The molecule has 0 aliphatic carbocycles. The van der Waals surface area contributed by atoms with Gasteiger partial charge in [-0.1, -0.05) is 48.5 Å². The number of hydrogen-bond acceptors (Lipinski definition) is 3. The first-order chi connectivity index (χ1) is 9.81. The molecule has 0 aliphatic heterocycles. The monoisotopic (exact) mass is 271 g/mol. The predicted octanol–water partition coefficient (Wildman–Crippen LogP) is 2.65. The van der Waals surface area contributed by atoms with Gasteiger partial charge in [0.05, 0.1) is 0 Å². The van der Waals surface area contributed by atoms with Crippen molar-refractivity contribution in [1.29, 1.82) is 0 Å². The van der Waals surface area contributed by atoms with E-state index in [9.17, 15) is 10.2 Å². The maximum atomic E-state index is 9.72. The maximum absolute atomic E-state index is 9.72. The third-order valence-corrected chi connectivity index (χ3v) is 3.45. The maximum Gasteiger partial charge on any atom is 0.120 e. The van der Waals surface area contributed by atoms with Crippen molar-refractivity contribution in [2.45, 2.75) is 18.9 Å². The van der Waals surface area contributed by atoms with Gasteiger partial charge in [-0.05, 0) is 24.0 Å². The molecule has 0 aliphatic rings. The van der Waals surface area contributed by atoms with Gasteiger partial charge in [-0.25, -0.2) is 0 Å². The minimum absolute atomic E-state index is 0.178. The topological polar surface area (TPSA) is 52.5 Å². The minimum Gasteiger partial charge on any atom is -0.508 e. The van der Waals surface area contributed by atoms with Gasteiger partial charge >= 0.3 is 0 Å². The number of rotatable bonds is 7. The fraction of sp³-hybridized carbons (Fsp3) is 0.294. The van der Waals surface area contributed by atoms with Crippen molar-refractivity contribution in [3.05, 3.63) is 65.7 Å². The van der Waals surface area contributed by atoms with Gasteiger partial charge in [-0.2, -0.15) is 0 Å². The highest BCUT2D eigenvalue weighted by Crippen LogP contribution is 2.19. The lowest BCUT2D eigenvalue weighted by molar-refractivity contribution is 0.273. The molecule has 3 heteroatoms. The quantitative estimate of drug-likeness (QED) is 0.725. The molecule has 2 rings (SSSR count). The molecule has 0 fully saturated rings. The van der Waals surface area contributed by atoms with E-state index in [1.807, 2.05) is 36.4 Å². The van der Waals surface area contributed by atoms with E-state index in [0.717, 1.165) is 18.5 Å². The third kappa shape index (κ3) is 4.08. The van der Waals surface area contributed by atoms with Crippen molar-refractivity contribution in [2.24, 2.45) is 0 Å². The zero-order chi connectivity index (χ0) is 14.2. The molecule has 0 bridgehead atoms. The molecule has 106 valence electrons. The zero-order valence-electron chi connectivity index (χ0n) is 11.5. The van der Waals surface area contributed by atoms with Crippen LogP contribution in [-0.4, -0.2) is 23.4 Å². The Morgan fingerprint density at radius 2 is 1.65 bits per heavy atom. The average Bonchev–Trinajstić information content (AvgIpc) is 2.49. The second-order valence-corrected chi connectivity index (χ2v) is 4.88. The largest absolute Gasteiger partial charge is 0.508 e. The number of phenolic OH excluding ortho intramolecular Hbond substituents is 1. The van der Waals surface area contributed by atoms with Gasteiger partial charge in [-0.15, -0.1) is 0 Å². The smallest absolute Gasteiger partial charge is 0.120 e. The van der Waals surface area contributed by atoms with Crippen molar-refractivity contribution in [2.75, 3.05) is 13.2 Å². The summed E-state index contributed by atoms with van der Waals surface area (Å²) in [7, 11) is 0. The van der Waals surface area contributed by atoms with Crippen LogP contribution < -0.4 is 5.32 Å². The number of aliphatic hydroxyl groups excluding tert-OH is 1. The second-order valence-electron chi connectivity index (χ2n) is 4.88. The number of phenols is 1. The first-order valence-electron chi connectivity index (χ1n) is 6.94. The minimum atomic E-state index is 0.178. The summed E-state index contributed by atoms with van der Waals surface area (Å²) in [5.41, 5.74) is 2.12. The Bertz CT molecular complexity index is 513. The van der Waals surface area contributed by atoms with Crippen molar-refractivity contribution >= 4 is 0 Å². The van der Waals surface area contributed by atoms with Gasteiger partial charge in [0.1, 0.15) is 5.75 Å². The molecule has 2 aromatic carbocycles. The van der Waals surface area contributed by atoms with Gasteiger partial charge in [0.15, 0.2) is 0 Å². The van der Waals surface area contributed by atoms with E-state index >= 15 is 0 Å². The van der Waals surface area contributed by atoms with Crippen LogP contribution in [0, 0.1) is 0 Å². The van der Waals surface area contributed by atoms with Crippen LogP contribution in [0.25, 0.3) is 0 Å². The summed E-state index contributed by atoms with van der Waals surface area (Å²) in [6.45, 7) is 1.58. The van der Waals surface area contributed by atoms with E-state index in [1.165, 1.54) is 5.56 Å². The van der Waals surface area contributed by atoms with Crippen LogP contribution in [0.15, 0.2) is 54.6 Å². The third-order valence-electron chi connectivity index (χ3n) is 3.45. The molecular weight excluding hydrogens is 250 g/mol. The highest BCUT2D eigenvalue weighted by molar-refractivity contribution is 5.31. The number of hydrogen-bond donors (Lipinski definition) is 3. The first-order valence-corrected chi connectivity index (χ1v) is 6.94. The molecule has 3 nitrogen and oxygen atoms in total. The fourth-order valence-corrected chi connectivity index (χ4v) is 2.31. The summed E-state index contributed by atoms with van der Waals surface area (Å²) < 4.78 is 0. The van der Waals surface area contributed by atoms with Crippen molar-refractivity contribution in [1.82, 2.24) is 5.32 Å². The van der Waals surface area contributed by atoms with Gasteiger partial charge in [0, 0.05) is 25.3 Å². The predicted molar refractivity (Wildman–Crippen MR) is 80.7 cm³/mol. The number of aliphatic hydroxyl groups is 1. The highest BCUT2D eigenvalue weighted by Gasteiger charge is 2.10. The SMILES string of the molecule is OCCC(CNCc1ccccc1O)c1ccccc1. The van der Waals surface area contributed by atoms with Crippen LogP contribution in [-0.2, 0) is 6.54 Å². The van der Waals surface area contributed by atoms with Gasteiger partial charge in [0.2, 0.25) is 0 Å². The Kier molecular flexibility index (Phi) is 5.59. The van der Waals surface area contributed by atoms with Crippen LogP contribution in [0.4, 0.5) is 0 Å². The number of aromatic hydroxyl groups is 1. The number of benzene rings is 2. The molecule has 0 spiro atoms. The summed E-state index contributed by atoms with van der Waals surface area (Å²) in [5, 5.41) is 22.3. The first kappa shape index (κ1) is 14.6.